The monoisotopic (exact) mass is 200 g/mol. The molecule has 82 valence electrons. The van der Waals surface area contributed by atoms with Crippen LogP contribution in [0.15, 0.2) is 0 Å². The smallest absolute Gasteiger partial charge is 0.239 e. The van der Waals surface area contributed by atoms with Crippen molar-refractivity contribution in [2.45, 2.75) is 32.2 Å². The van der Waals surface area contributed by atoms with E-state index in [2.05, 4.69) is 0 Å². The van der Waals surface area contributed by atoms with Crippen LogP contribution >= 0.6 is 0 Å². The van der Waals surface area contributed by atoms with Crippen LogP contribution in [0, 0.1) is 5.92 Å². The quantitative estimate of drug-likeness (QED) is 0.669. The lowest BCUT2D eigenvalue weighted by molar-refractivity contribution is -0.131. The molecule has 2 atom stereocenters. The van der Waals surface area contributed by atoms with E-state index in [0.29, 0.717) is 6.54 Å². The predicted octanol–water partition coefficient (Wildman–Crippen LogP) is -0.0454. The minimum atomic E-state index is -0.350. The summed E-state index contributed by atoms with van der Waals surface area (Å²) in [6.45, 7) is 3.62. The number of nitrogens with zero attached hydrogens (tertiary/aromatic N) is 1. The van der Waals surface area contributed by atoms with Gasteiger partial charge in [-0.05, 0) is 12.8 Å². The maximum Gasteiger partial charge on any atom is 0.239 e. The molecule has 0 aliphatic carbocycles. The number of aliphatic hydroxyl groups is 1. The summed E-state index contributed by atoms with van der Waals surface area (Å²) in [7, 11) is 0. The fraction of sp³-hybridized carbons (Fsp3) is 0.900. The van der Waals surface area contributed by atoms with Crippen molar-refractivity contribution in [3.63, 3.8) is 0 Å². The van der Waals surface area contributed by atoms with Crippen LogP contribution in [0.2, 0.25) is 0 Å². The van der Waals surface area contributed by atoms with Crippen molar-refractivity contribution in [3.05, 3.63) is 0 Å². The number of carbonyl (C=O) groups excluding carboxylic acids is 1. The summed E-state index contributed by atoms with van der Waals surface area (Å²) in [5.74, 6) is 0.301. The minimum absolute atomic E-state index is 0.0443. The molecule has 0 saturated carbocycles. The molecule has 0 spiro atoms. The summed E-state index contributed by atoms with van der Waals surface area (Å²) in [4.78, 5) is 13.5. The Morgan fingerprint density at radius 1 is 1.71 bits per heavy atom. The van der Waals surface area contributed by atoms with Gasteiger partial charge in [-0.2, -0.15) is 0 Å². The summed E-state index contributed by atoms with van der Waals surface area (Å²) >= 11 is 0. The predicted molar refractivity (Wildman–Crippen MR) is 54.7 cm³/mol. The fourth-order valence-corrected chi connectivity index (χ4v) is 1.85. The number of aliphatic hydroxyl groups excluding tert-OH is 1. The molecule has 1 heterocycles. The Hall–Kier alpha value is -0.610. The first-order valence-corrected chi connectivity index (χ1v) is 5.34. The molecule has 3 N–H and O–H groups in total. The van der Waals surface area contributed by atoms with Gasteiger partial charge in [-0.3, -0.25) is 4.79 Å². The highest BCUT2D eigenvalue weighted by atomic mass is 16.3. The lowest BCUT2D eigenvalue weighted by atomic mass is 10.1. The van der Waals surface area contributed by atoms with Crippen molar-refractivity contribution >= 4 is 5.91 Å². The topological polar surface area (TPSA) is 66.6 Å². The Labute approximate surface area is 85.1 Å². The van der Waals surface area contributed by atoms with Gasteiger partial charge in [0.1, 0.15) is 0 Å². The lowest BCUT2D eigenvalue weighted by Gasteiger charge is -2.20. The zero-order valence-electron chi connectivity index (χ0n) is 8.78. The maximum atomic E-state index is 11.7. The first-order valence-electron chi connectivity index (χ1n) is 5.34. The molecule has 1 aliphatic heterocycles. The molecule has 1 saturated heterocycles. The summed E-state index contributed by atoms with van der Waals surface area (Å²) < 4.78 is 0. The van der Waals surface area contributed by atoms with Crippen LogP contribution in [-0.2, 0) is 4.79 Å². The van der Waals surface area contributed by atoms with Crippen LogP contribution in [0.3, 0.4) is 0 Å². The van der Waals surface area contributed by atoms with Gasteiger partial charge in [0.05, 0.1) is 6.04 Å². The van der Waals surface area contributed by atoms with Gasteiger partial charge in [0, 0.05) is 25.6 Å². The van der Waals surface area contributed by atoms with E-state index in [0.717, 1.165) is 25.8 Å². The van der Waals surface area contributed by atoms with Crippen molar-refractivity contribution in [2.75, 3.05) is 19.7 Å². The normalized spacial score (nSPS) is 23.9. The standard InChI is InChI=1S/C10H20N2O2/c1-2-3-9(11)10(14)12-5-4-8(6-12)7-13/h8-9,13H,2-7,11H2,1H3/t8?,9-/m0/s1. The number of hydrogen-bond acceptors (Lipinski definition) is 3. The third kappa shape index (κ3) is 2.69. The van der Waals surface area contributed by atoms with Gasteiger partial charge in [-0.15, -0.1) is 0 Å². The second kappa shape index (κ2) is 5.32. The van der Waals surface area contributed by atoms with E-state index >= 15 is 0 Å². The second-order valence-electron chi connectivity index (χ2n) is 4.02. The van der Waals surface area contributed by atoms with E-state index in [4.69, 9.17) is 10.8 Å². The highest BCUT2D eigenvalue weighted by Crippen LogP contribution is 2.16. The molecule has 1 unspecified atom stereocenters. The molecule has 1 aliphatic rings. The summed E-state index contributed by atoms with van der Waals surface area (Å²) in [5.41, 5.74) is 5.74. The molecule has 0 radical (unpaired) electrons. The SMILES string of the molecule is CCC[C@H](N)C(=O)N1CCC(CO)C1. The van der Waals surface area contributed by atoms with Gasteiger partial charge in [0.2, 0.25) is 5.91 Å². The van der Waals surface area contributed by atoms with E-state index in [9.17, 15) is 4.79 Å². The number of rotatable bonds is 4. The molecule has 14 heavy (non-hydrogen) atoms. The average Bonchev–Trinajstić information content (AvgIpc) is 2.65. The molecule has 1 rings (SSSR count). The zero-order valence-corrected chi connectivity index (χ0v) is 8.78. The Kier molecular flexibility index (Phi) is 4.35. The first kappa shape index (κ1) is 11.5. The summed E-state index contributed by atoms with van der Waals surface area (Å²) in [6.07, 6.45) is 2.59. The van der Waals surface area contributed by atoms with Gasteiger partial charge < -0.3 is 15.7 Å². The van der Waals surface area contributed by atoms with E-state index in [1.54, 1.807) is 4.90 Å². The summed E-state index contributed by atoms with van der Waals surface area (Å²) in [6, 6.07) is -0.350. The van der Waals surface area contributed by atoms with Crippen LogP contribution < -0.4 is 5.73 Å². The first-order chi connectivity index (χ1) is 6.69. The van der Waals surface area contributed by atoms with E-state index in [-0.39, 0.29) is 24.5 Å². The Morgan fingerprint density at radius 3 is 2.93 bits per heavy atom. The minimum Gasteiger partial charge on any atom is -0.396 e. The largest absolute Gasteiger partial charge is 0.396 e. The van der Waals surface area contributed by atoms with Gasteiger partial charge >= 0.3 is 0 Å². The van der Waals surface area contributed by atoms with Crippen LogP contribution in [0.1, 0.15) is 26.2 Å². The number of amides is 1. The summed E-state index contributed by atoms with van der Waals surface area (Å²) in [5, 5.41) is 8.94. The van der Waals surface area contributed by atoms with Gasteiger partial charge in [-0.25, -0.2) is 0 Å². The fourth-order valence-electron chi connectivity index (χ4n) is 1.85. The molecule has 0 aromatic rings. The molecule has 4 nitrogen and oxygen atoms in total. The lowest BCUT2D eigenvalue weighted by Crippen LogP contribution is -2.42. The Morgan fingerprint density at radius 2 is 2.43 bits per heavy atom. The van der Waals surface area contributed by atoms with E-state index < -0.39 is 0 Å². The van der Waals surface area contributed by atoms with Crippen LogP contribution in [0.5, 0.6) is 0 Å². The van der Waals surface area contributed by atoms with Crippen molar-refractivity contribution in [1.29, 1.82) is 0 Å². The van der Waals surface area contributed by atoms with Gasteiger partial charge in [0.25, 0.3) is 0 Å². The van der Waals surface area contributed by atoms with Crippen molar-refractivity contribution < 1.29 is 9.90 Å². The molecule has 0 aromatic carbocycles. The third-order valence-electron chi connectivity index (χ3n) is 2.77. The third-order valence-corrected chi connectivity index (χ3v) is 2.77. The van der Waals surface area contributed by atoms with Crippen LogP contribution in [0.4, 0.5) is 0 Å². The molecule has 1 fully saturated rings. The molecule has 4 heteroatoms. The molecular weight excluding hydrogens is 180 g/mol. The maximum absolute atomic E-state index is 11.7. The number of hydrogen-bond donors (Lipinski definition) is 2. The van der Waals surface area contributed by atoms with E-state index in [1.165, 1.54) is 0 Å². The highest BCUT2D eigenvalue weighted by molar-refractivity contribution is 5.81. The van der Waals surface area contributed by atoms with Gasteiger partial charge in [0.15, 0.2) is 0 Å². The molecule has 1 amide bonds. The van der Waals surface area contributed by atoms with Crippen molar-refractivity contribution in [3.8, 4) is 0 Å². The second-order valence-corrected chi connectivity index (χ2v) is 4.02. The molecule has 0 aromatic heterocycles. The number of carbonyl (C=O) groups is 1. The average molecular weight is 200 g/mol. The number of likely N-dealkylation sites (tertiary alicyclic amines) is 1. The van der Waals surface area contributed by atoms with E-state index in [1.807, 2.05) is 6.92 Å². The van der Waals surface area contributed by atoms with Crippen molar-refractivity contribution in [2.24, 2.45) is 11.7 Å². The molecular formula is C10H20N2O2. The zero-order chi connectivity index (χ0) is 10.6. The Balaban J connectivity index is 2.38. The van der Waals surface area contributed by atoms with Crippen LogP contribution in [-0.4, -0.2) is 41.7 Å². The van der Waals surface area contributed by atoms with Gasteiger partial charge in [-0.1, -0.05) is 13.3 Å². The van der Waals surface area contributed by atoms with Crippen LogP contribution in [0.25, 0.3) is 0 Å². The Bertz CT molecular complexity index is 197. The highest BCUT2D eigenvalue weighted by Gasteiger charge is 2.28. The molecule has 0 bridgehead atoms. The van der Waals surface area contributed by atoms with Crippen molar-refractivity contribution in [1.82, 2.24) is 4.90 Å². The number of nitrogens with two attached hydrogens (primary N) is 1.